The summed E-state index contributed by atoms with van der Waals surface area (Å²) in [5.41, 5.74) is 5.21. The quantitative estimate of drug-likeness (QED) is 0.537. The fourth-order valence-corrected chi connectivity index (χ4v) is 1.52. The van der Waals surface area contributed by atoms with Crippen LogP contribution in [0.5, 0.6) is 0 Å². The summed E-state index contributed by atoms with van der Waals surface area (Å²) in [6.45, 7) is 9.97. The molecule has 0 saturated carbocycles. The predicted octanol–water partition coefficient (Wildman–Crippen LogP) is 4.09. The molecule has 0 amide bonds. The number of hydrogen-bond acceptors (Lipinski definition) is 2. The van der Waals surface area contributed by atoms with Crippen LogP contribution < -0.4 is 11.1 Å². The molecular weight excluding hydrogens is 208 g/mol. The maximum absolute atomic E-state index is 5.21. The molecule has 0 bridgehead atoms. The highest BCUT2D eigenvalue weighted by atomic mass is 14.8. The number of nitrogens with two attached hydrogens (primary N) is 1. The second kappa shape index (κ2) is 21.2. The lowest BCUT2D eigenvalue weighted by atomic mass is 10.2. The molecule has 0 radical (unpaired) electrons. The molecule has 0 aromatic carbocycles. The lowest BCUT2D eigenvalue weighted by Gasteiger charge is -2.02. The molecule has 0 aromatic rings. The number of rotatable bonds is 11. The van der Waals surface area contributed by atoms with Gasteiger partial charge in [0.15, 0.2) is 0 Å². The normalized spacial score (nSPS) is 9.88. The first kappa shape index (κ1) is 19.3. The molecular formula is C15H36N2. The van der Waals surface area contributed by atoms with Crippen molar-refractivity contribution in [2.75, 3.05) is 19.6 Å². The van der Waals surface area contributed by atoms with Gasteiger partial charge in [0.05, 0.1) is 0 Å². The van der Waals surface area contributed by atoms with Gasteiger partial charge in [-0.25, -0.2) is 0 Å². The van der Waals surface area contributed by atoms with Crippen molar-refractivity contribution in [3.8, 4) is 0 Å². The zero-order chi connectivity index (χ0) is 13.2. The lowest BCUT2D eigenvalue weighted by Crippen LogP contribution is -2.16. The van der Waals surface area contributed by atoms with Crippen LogP contribution in [0.15, 0.2) is 0 Å². The summed E-state index contributed by atoms with van der Waals surface area (Å²) in [5, 5.41) is 3.46. The molecule has 0 aliphatic rings. The Hall–Kier alpha value is -0.0800. The van der Waals surface area contributed by atoms with Gasteiger partial charge >= 0.3 is 0 Å². The minimum Gasteiger partial charge on any atom is -0.330 e. The summed E-state index contributed by atoms with van der Waals surface area (Å²) in [6, 6.07) is 0. The summed E-state index contributed by atoms with van der Waals surface area (Å²) >= 11 is 0. The van der Waals surface area contributed by atoms with E-state index >= 15 is 0 Å². The van der Waals surface area contributed by atoms with Crippen molar-refractivity contribution in [3.63, 3.8) is 0 Å². The van der Waals surface area contributed by atoms with Gasteiger partial charge in [0.25, 0.3) is 0 Å². The largest absolute Gasteiger partial charge is 0.330 e. The molecule has 0 saturated heterocycles. The zero-order valence-corrected chi connectivity index (χ0v) is 12.6. The van der Waals surface area contributed by atoms with Gasteiger partial charge < -0.3 is 11.1 Å². The second-order valence-electron chi connectivity index (χ2n) is 4.66. The Morgan fingerprint density at radius 1 is 0.647 bits per heavy atom. The Balaban J connectivity index is 0. The van der Waals surface area contributed by atoms with Crippen LogP contribution in [-0.2, 0) is 0 Å². The van der Waals surface area contributed by atoms with Crippen LogP contribution in [0.4, 0.5) is 0 Å². The number of hydrogen-bond donors (Lipinski definition) is 2. The Morgan fingerprint density at radius 2 is 1.06 bits per heavy atom. The smallest absolute Gasteiger partial charge is 0.00489 e. The summed E-state index contributed by atoms with van der Waals surface area (Å²) in [7, 11) is 0. The Kier molecular flexibility index (Phi) is 24.1. The third-order valence-corrected chi connectivity index (χ3v) is 2.72. The molecule has 2 heteroatoms. The maximum atomic E-state index is 5.21. The minimum absolute atomic E-state index is 0.855. The molecule has 0 unspecified atom stereocenters. The molecule has 2 nitrogen and oxygen atoms in total. The van der Waals surface area contributed by atoms with Crippen LogP contribution in [0.25, 0.3) is 0 Å². The van der Waals surface area contributed by atoms with Gasteiger partial charge in [-0.15, -0.1) is 0 Å². The van der Waals surface area contributed by atoms with Gasteiger partial charge in [0.2, 0.25) is 0 Å². The number of unbranched alkanes of at least 4 members (excludes halogenated alkanes) is 6. The Labute approximate surface area is 110 Å². The third kappa shape index (κ3) is 25.9. The lowest BCUT2D eigenvalue weighted by molar-refractivity contribution is 0.583. The first-order valence-electron chi connectivity index (χ1n) is 7.74. The topological polar surface area (TPSA) is 38.0 Å². The van der Waals surface area contributed by atoms with Gasteiger partial charge in [-0.1, -0.05) is 59.3 Å². The molecule has 0 heterocycles. The van der Waals surface area contributed by atoms with Crippen LogP contribution in [0.1, 0.15) is 78.6 Å². The SMILES string of the molecule is CCCCCN.CCCCCNCCCCC. The van der Waals surface area contributed by atoms with E-state index in [1.54, 1.807) is 0 Å². The molecule has 0 fully saturated rings. The van der Waals surface area contributed by atoms with Crippen molar-refractivity contribution < 1.29 is 0 Å². The first-order valence-corrected chi connectivity index (χ1v) is 7.74. The van der Waals surface area contributed by atoms with E-state index in [-0.39, 0.29) is 0 Å². The van der Waals surface area contributed by atoms with Crippen molar-refractivity contribution >= 4 is 0 Å². The Bertz CT molecular complexity index is 93.1. The van der Waals surface area contributed by atoms with Gasteiger partial charge in [0, 0.05) is 0 Å². The minimum atomic E-state index is 0.855. The van der Waals surface area contributed by atoms with E-state index in [0.29, 0.717) is 0 Å². The number of nitrogens with one attached hydrogen (secondary N) is 1. The average Bonchev–Trinajstić information content (AvgIpc) is 2.36. The van der Waals surface area contributed by atoms with E-state index in [1.165, 1.54) is 70.9 Å². The zero-order valence-electron chi connectivity index (χ0n) is 12.6. The van der Waals surface area contributed by atoms with E-state index in [2.05, 4.69) is 26.1 Å². The standard InChI is InChI=1S/C10H23N.C5H13N/c1-3-5-7-9-11-10-8-6-4-2;1-2-3-4-5-6/h11H,3-10H2,1-2H3;2-6H2,1H3. The van der Waals surface area contributed by atoms with Crippen molar-refractivity contribution in [3.05, 3.63) is 0 Å². The van der Waals surface area contributed by atoms with Gasteiger partial charge in [-0.2, -0.15) is 0 Å². The molecule has 0 spiro atoms. The fourth-order valence-electron chi connectivity index (χ4n) is 1.52. The highest BCUT2D eigenvalue weighted by Gasteiger charge is 1.87. The summed E-state index contributed by atoms with van der Waals surface area (Å²) in [4.78, 5) is 0. The second-order valence-corrected chi connectivity index (χ2v) is 4.66. The van der Waals surface area contributed by atoms with Crippen molar-refractivity contribution in [1.82, 2.24) is 5.32 Å². The molecule has 0 aliphatic carbocycles. The fraction of sp³-hybridized carbons (Fsp3) is 1.00. The average molecular weight is 244 g/mol. The highest BCUT2D eigenvalue weighted by molar-refractivity contribution is 4.48. The van der Waals surface area contributed by atoms with Gasteiger partial charge in [-0.05, 0) is 38.9 Å². The van der Waals surface area contributed by atoms with Gasteiger partial charge in [0.1, 0.15) is 0 Å². The van der Waals surface area contributed by atoms with Crippen molar-refractivity contribution in [2.45, 2.75) is 78.6 Å². The van der Waals surface area contributed by atoms with Crippen LogP contribution in [0.3, 0.4) is 0 Å². The maximum Gasteiger partial charge on any atom is -0.00489 e. The van der Waals surface area contributed by atoms with E-state index in [1.807, 2.05) is 0 Å². The van der Waals surface area contributed by atoms with E-state index in [0.717, 1.165) is 6.54 Å². The molecule has 0 aliphatic heterocycles. The molecule has 0 aromatic heterocycles. The predicted molar refractivity (Wildman–Crippen MR) is 80.5 cm³/mol. The molecule has 0 rings (SSSR count). The summed E-state index contributed by atoms with van der Waals surface area (Å²) in [6.07, 6.45) is 11.9. The highest BCUT2D eigenvalue weighted by Crippen LogP contribution is 1.93. The summed E-state index contributed by atoms with van der Waals surface area (Å²) in [5.74, 6) is 0. The van der Waals surface area contributed by atoms with Gasteiger partial charge in [-0.3, -0.25) is 0 Å². The molecule has 17 heavy (non-hydrogen) atoms. The molecule has 106 valence electrons. The van der Waals surface area contributed by atoms with Crippen molar-refractivity contribution in [2.24, 2.45) is 5.73 Å². The summed E-state index contributed by atoms with van der Waals surface area (Å²) < 4.78 is 0. The molecule has 0 atom stereocenters. The van der Waals surface area contributed by atoms with E-state index in [9.17, 15) is 0 Å². The first-order chi connectivity index (χ1) is 8.33. The van der Waals surface area contributed by atoms with E-state index in [4.69, 9.17) is 5.73 Å². The third-order valence-electron chi connectivity index (χ3n) is 2.72. The van der Waals surface area contributed by atoms with E-state index < -0.39 is 0 Å². The van der Waals surface area contributed by atoms with Crippen molar-refractivity contribution in [1.29, 1.82) is 0 Å². The monoisotopic (exact) mass is 244 g/mol. The van der Waals surface area contributed by atoms with Crippen LogP contribution >= 0.6 is 0 Å². The van der Waals surface area contributed by atoms with Crippen LogP contribution in [0.2, 0.25) is 0 Å². The Morgan fingerprint density at radius 3 is 1.35 bits per heavy atom. The van der Waals surface area contributed by atoms with Crippen LogP contribution in [0, 0.1) is 0 Å². The molecule has 3 N–H and O–H groups in total. The van der Waals surface area contributed by atoms with Crippen LogP contribution in [-0.4, -0.2) is 19.6 Å².